The number of aliphatic hydroxyl groups is 2. The summed E-state index contributed by atoms with van der Waals surface area (Å²) in [6.45, 7) is 14.2. The van der Waals surface area contributed by atoms with Crippen LogP contribution in [-0.4, -0.2) is 208 Å². The van der Waals surface area contributed by atoms with Gasteiger partial charge in [-0.15, -0.1) is 35.1 Å². The van der Waals surface area contributed by atoms with E-state index in [1.54, 1.807) is 85.2 Å². The number of carbonyl (C=O) groups is 1. The molecule has 0 amide bonds. The van der Waals surface area contributed by atoms with Crippen LogP contribution in [0.2, 0.25) is 0 Å². The van der Waals surface area contributed by atoms with E-state index in [4.69, 9.17) is 29.0 Å². The van der Waals surface area contributed by atoms with Crippen molar-refractivity contribution in [3.05, 3.63) is 94.7 Å². The number of nitriles is 1. The zero-order valence-corrected chi connectivity index (χ0v) is 64.6. The van der Waals surface area contributed by atoms with Crippen molar-refractivity contribution >= 4 is 103 Å². The molecule has 89 heavy (non-hydrogen) atoms. The predicted octanol–water partition coefficient (Wildman–Crippen LogP) is -3.59. The Kier molecular flexibility index (Phi) is 38.9. The Hall–Kier alpha value is -0.727. The predicted molar refractivity (Wildman–Crippen MR) is 335 cm³/mol. The van der Waals surface area contributed by atoms with Gasteiger partial charge >= 0.3 is 103 Å². The fraction of sp³-hybridized carbons (Fsp3) is 0.585. The number of benzene rings is 2. The van der Waals surface area contributed by atoms with Gasteiger partial charge in [0.1, 0.15) is 8.42 Å². The number of hydrogen-bond acceptors (Lipinski definition) is 24. The molecule has 6 heterocycles. The first-order chi connectivity index (χ1) is 40.1. The maximum absolute atomic E-state index is 13.3. The number of sulfonamides is 4. The molecule has 0 aliphatic carbocycles. The fourth-order valence-corrected chi connectivity index (χ4v) is 16.0. The number of hydrogen-bond donors (Lipinski definition) is 4. The van der Waals surface area contributed by atoms with Crippen molar-refractivity contribution in [3.63, 3.8) is 0 Å². The van der Waals surface area contributed by atoms with Crippen molar-refractivity contribution < 1.29 is 185 Å². The molecule has 0 bridgehead atoms. The molecule has 2 aromatic carbocycles. The van der Waals surface area contributed by atoms with E-state index in [0.29, 0.717) is 75.8 Å². The molecule has 4 saturated heterocycles. The third-order valence-corrected chi connectivity index (χ3v) is 22.1. The second-order valence-electron chi connectivity index (χ2n) is 21.4. The number of ether oxygens (including phenoxy) is 2. The number of carbonyl (C=O) groups excluding carboxylic acids is 1. The average molecular weight is 1460 g/mol. The molecule has 4 aliphatic rings. The third kappa shape index (κ3) is 30.1. The van der Waals surface area contributed by atoms with Crippen LogP contribution >= 0.6 is 35.1 Å². The number of morpholine rings is 1. The van der Waals surface area contributed by atoms with E-state index >= 15 is 0 Å². The zero-order valence-electron chi connectivity index (χ0n) is 52.9. The molecule has 4 fully saturated rings. The molecule has 26 nitrogen and oxygen atoms in total. The van der Waals surface area contributed by atoms with Gasteiger partial charge in [0, 0.05) is 96.4 Å². The number of thiophene rings is 2. The summed E-state index contributed by atoms with van der Waals surface area (Å²) in [6, 6.07) is 22.5. The van der Waals surface area contributed by atoms with Gasteiger partial charge in [0.25, 0.3) is 36.6 Å². The Morgan fingerprint density at radius 3 is 1.49 bits per heavy atom. The van der Waals surface area contributed by atoms with E-state index in [0.717, 1.165) is 65.8 Å². The molecule has 0 saturated carbocycles. The van der Waals surface area contributed by atoms with Crippen molar-refractivity contribution in [2.45, 2.75) is 85.2 Å². The van der Waals surface area contributed by atoms with Crippen molar-refractivity contribution in [1.29, 1.82) is 5.26 Å². The standard InChI is InChI=1S/C24H36N4O6S3.C19H26N2O6S3.C7H15NO3S.C2H3N.CH2O3.ClH.2K.H/c1-24(2,29)19-6-8-20(9-7-19)28-11-10-27(37(32,33)23-5-4-14-35-23)17-22(28)16-26-12-13-34-18-21(26)15-25-36(3,30)31;1-19(2,22)15-6-8-16(9-7-15)21-11-10-20(13-17(21)14-27-29(3,23)24)30(25,26)18-5-4-12-28-18;1-12(9,10)8-5-7-3-2-4-11-6-7;1-2-3;2-1-4-3;;;;/h4-9,14,21-22,25,29H,10-13,15-18H2,1-3H3;4-9,12,17,22H,10-11,13-14H2,1-3H3;7-8H,2-6H2,1H3;1H3;1,3H;1H;;;/q;;;;;;2*+1;-1/p-1/t21?,22-;17-;;;;;;;/m01......./s1. The van der Waals surface area contributed by atoms with E-state index in [1.165, 1.54) is 28.8 Å². The van der Waals surface area contributed by atoms with Crippen LogP contribution in [0.25, 0.3) is 0 Å². The molecule has 2 aromatic heterocycles. The normalized spacial score (nSPS) is 19.8. The molecular formula is C53H83ClK2N8O18S7. The topological polar surface area (TPSA) is 352 Å². The van der Waals surface area contributed by atoms with E-state index in [-0.39, 0.29) is 166 Å². The van der Waals surface area contributed by atoms with Crippen LogP contribution in [0, 0.1) is 17.2 Å². The SMILES string of the molecule is CC#N.CC(C)(O)c1ccc(N2CCN(S(=O)(=O)c3cccs3)C[C@@H]2CN2CCOCC2CNS(C)(=O)=O)cc1.CC(C)(O)c1ccc(N2CCN(S(=O)(=O)c3cccs3)C[C@@H]2COS(C)(=O)=O)cc1.CS(=O)(=O)NCC1CCCOC1.Cl.O=CO[O-].[H-].[K+].[K+]. The van der Waals surface area contributed by atoms with Crippen molar-refractivity contribution in [3.8, 4) is 6.07 Å². The van der Waals surface area contributed by atoms with Gasteiger partial charge in [-0.2, -0.15) is 22.3 Å². The second-order valence-corrected chi connectivity index (χ2v) is 33.0. The number of rotatable bonds is 20. The van der Waals surface area contributed by atoms with Crippen LogP contribution in [0.1, 0.15) is 60.0 Å². The van der Waals surface area contributed by atoms with Gasteiger partial charge in [-0.1, -0.05) is 36.4 Å². The monoisotopic (exact) mass is 1460 g/mol. The largest absolute Gasteiger partial charge is 1.00 e. The molecule has 494 valence electrons. The summed E-state index contributed by atoms with van der Waals surface area (Å²) < 4.78 is 145. The molecule has 4 aliphatic heterocycles. The molecule has 0 spiro atoms. The van der Waals surface area contributed by atoms with E-state index in [2.05, 4.69) is 24.1 Å². The van der Waals surface area contributed by atoms with Gasteiger partial charge in [-0.05, 0) is 105 Å². The molecule has 4 atom stereocenters. The summed E-state index contributed by atoms with van der Waals surface area (Å²) in [5, 5.41) is 39.7. The summed E-state index contributed by atoms with van der Waals surface area (Å²) in [4.78, 5) is 17.6. The zero-order chi connectivity index (χ0) is 64.2. The Labute approximate surface area is 627 Å². The molecular weight excluding hydrogens is 1370 g/mol. The summed E-state index contributed by atoms with van der Waals surface area (Å²) >= 11 is 2.36. The van der Waals surface area contributed by atoms with Crippen LogP contribution in [0.15, 0.2) is 92.0 Å². The smallest absolute Gasteiger partial charge is 1.00 e. The van der Waals surface area contributed by atoms with Crippen LogP contribution < -0.4 is 127 Å². The number of nitrogens with zero attached hydrogens (tertiary/aromatic N) is 6. The second kappa shape index (κ2) is 40.1. The molecule has 0 radical (unpaired) electrons. The number of piperazine rings is 2. The van der Waals surface area contributed by atoms with Gasteiger partial charge in [0.15, 0.2) is 0 Å². The van der Waals surface area contributed by atoms with E-state index in [9.17, 15) is 52.3 Å². The molecule has 4 aromatic rings. The van der Waals surface area contributed by atoms with Gasteiger partial charge in [-0.3, -0.25) is 13.9 Å². The van der Waals surface area contributed by atoms with E-state index < -0.39 is 67.5 Å². The van der Waals surface area contributed by atoms with Crippen LogP contribution in [0.3, 0.4) is 0 Å². The Morgan fingerprint density at radius 1 is 0.685 bits per heavy atom. The Bertz CT molecular complexity index is 3330. The minimum atomic E-state index is -3.68. The van der Waals surface area contributed by atoms with Crippen molar-refractivity contribution in [2.24, 2.45) is 5.92 Å². The molecule has 2 unspecified atom stereocenters. The van der Waals surface area contributed by atoms with Crippen LogP contribution in [0.5, 0.6) is 0 Å². The van der Waals surface area contributed by atoms with E-state index in [1.807, 2.05) is 41.3 Å². The Balaban J connectivity index is 0.00000133. The van der Waals surface area contributed by atoms with Gasteiger partial charge in [0.2, 0.25) is 20.0 Å². The Morgan fingerprint density at radius 2 is 1.11 bits per heavy atom. The van der Waals surface area contributed by atoms with Gasteiger partial charge < -0.3 is 41.1 Å². The number of halogens is 1. The molecule has 36 heteroatoms. The fourth-order valence-electron chi connectivity index (χ4n) is 9.34. The first-order valence-corrected chi connectivity index (χ1v) is 37.3. The van der Waals surface area contributed by atoms with Crippen LogP contribution in [-0.2, 0) is 84.8 Å². The average Bonchev–Trinajstić information content (AvgIpc) is 1.15. The van der Waals surface area contributed by atoms with Gasteiger partial charge in [0.05, 0.1) is 74.5 Å². The minimum Gasteiger partial charge on any atom is -1.00 e. The third-order valence-electron chi connectivity index (χ3n) is 13.7. The molecule has 4 N–H and O–H groups in total. The summed E-state index contributed by atoms with van der Waals surface area (Å²) in [7, 11) is -17.3. The summed E-state index contributed by atoms with van der Waals surface area (Å²) in [6.07, 6.45) is 5.38. The quantitative estimate of drug-likeness (QED) is 0.0218. The minimum absolute atomic E-state index is 0. The summed E-state index contributed by atoms with van der Waals surface area (Å²) in [5.41, 5.74) is 1.36. The maximum Gasteiger partial charge on any atom is 1.00 e. The van der Waals surface area contributed by atoms with Gasteiger partial charge in [-0.25, -0.2) is 43.1 Å². The molecule has 8 rings (SSSR count). The van der Waals surface area contributed by atoms with Crippen LogP contribution in [0.4, 0.5) is 11.4 Å². The first kappa shape index (κ1) is 86.3. The van der Waals surface area contributed by atoms with Crippen molar-refractivity contribution in [1.82, 2.24) is 23.0 Å². The maximum atomic E-state index is 13.3. The van der Waals surface area contributed by atoms with Crippen molar-refractivity contribution in [2.75, 3.05) is 127 Å². The summed E-state index contributed by atoms with van der Waals surface area (Å²) in [5.74, 6) is 0.355. The number of nitrogens with one attached hydrogen (secondary N) is 2. The first-order valence-electron chi connectivity index (χ1n) is 27.1. The number of anilines is 2.